The molecular weight excluding hydrogens is 591 g/mol. The second-order valence-corrected chi connectivity index (χ2v) is 12.6. The molecule has 0 saturated heterocycles. The molecule has 9 aromatic carbocycles. The van der Waals surface area contributed by atoms with Gasteiger partial charge in [-0.2, -0.15) is 0 Å². The molecule has 9 aromatic rings. The number of anilines is 3. The molecule has 0 radical (unpaired) electrons. The second kappa shape index (κ2) is 12.3. The Kier molecular flexibility index (Phi) is 7.22. The Labute approximate surface area is 287 Å². The van der Waals surface area contributed by atoms with E-state index in [0.717, 1.165) is 17.1 Å². The van der Waals surface area contributed by atoms with Gasteiger partial charge in [0.05, 0.1) is 0 Å². The van der Waals surface area contributed by atoms with E-state index in [1.807, 2.05) is 0 Å². The SMILES string of the molecule is c1ccc(-c2cccc(-c3ccc(N(c4ccccc4)c4ccc(-c5cc6c7ccccc7ccc6c6ccccc56)cc4)cc3)c2)cc1. The van der Waals surface area contributed by atoms with Gasteiger partial charge in [0, 0.05) is 17.1 Å². The third kappa shape index (κ3) is 5.32. The first-order valence-electron chi connectivity index (χ1n) is 16.8. The van der Waals surface area contributed by atoms with Crippen molar-refractivity contribution in [3.8, 4) is 33.4 Å². The predicted molar refractivity (Wildman–Crippen MR) is 210 cm³/mol. The van der Waals surface area contributed by atoms with Crippen LogP contribution in [0.5, 0.6) is 0 Å². The van der Waals surface area contributed by atoms with Gasteiger partial charge in [0.2, 0.25) is 0 Å². The van der Waals surface area contributed by atoms with E-state index < -0.39 is 0 Å². The highest BCUT2D eigenvalue weighted by Crippen LogP contribution is 2.40. The molecule has 0 aromatic heterocycles. The highest BCUT2D eigenvalue weighted by atomic mass is 15.1. The van der Waals surface area contributed by atoms with Gasteiger partial charge in [-0.3, -0.25) is 0 Å². The highest BCUT2D eigenvalue weighted by Gasteiger charge is 2.15. The van der Waals surface area contributed by atoms with Crippen molar-refractivity contribution in [1.82, 2.24) is 0 Å². The summed E-state index contributed by atoms with van der Waals surface area (Å²) in [6.45, 7) is 0. The summed E-state index contributed by atoms with van der Waals surface area (Å²) in [5.41, 5.74) is 10.7. The maximum atomic E-state index is 2.38. The second-order valence-electron chi connectivity index (χ2n) is 12.6. The quantitative estimate of drug-likeness (QED) is 0.167. The first-order valence-corrected chi connectivity index (χ1v) is 16.8. The van der Waals surface area contributed by atoms with Crippen LogP contribution in [-0.4, -0.2) is 0 Å². The van der Waals surface area contributed by atoms with Crippen LogP contribution in [0.1, 0.15) is 0 Å². The van der Waals surface area contributed by atoms with Gasteiger partial charge in [-0.05, 0) is 114 Å². The van der Waals surface area contributed by atoms with E-state index in [-0.39, 0.29) is 0 Å². The summed E-state index contributed by atoms with van der Waals surface area (Å²) < 4.78 is 0. The van der Waals surface area contributed by atoms with E-state index in [1.54, 1.807) is 0 Å². The fourth-order valence-electron chi connectivity index (χ4n) is 7.23. The minimum atomic E-state index is 1.12. The van der Waals surface area contributed by atoms with Crippen molar-refractivity contribution in [1.29, 1.82) is 0 Å². The zero-order valence-corrected chi connectivity index (χ0v) is 27.0. The van der Waals surface area contributed by atoms with E-state index in [2.05, 4.69) is 205 Å². The van der Waals surface area contributed by atoms with Gasteiger partial charge in [-0.1, -0.05) is 152 Å². The average Bonchev–Trinajstić information content (AvgIpc) is 3.19. The van der Waals surface area contributed by atoms with Crippen LogP contribution in [0, 0.1) is 0 Å². The lowest BCUT2D eigenvalue weighted by atomic mass is 9.91. The number of nitrogens with zero attached hydrogens (tertiary/aromatic N) is 1. The number of para-hydroxylation sites is 1. The van der Waals surface area contributed by atoms with Crippen LogP contribution in [0.15, 0.2) is 200 Å². The molecule has 0 amide bonds. The molecule has 49 heavy (non-hydrogen) atoms. The van der Waals surface area contributed by atoms with Gasteiger partial charge in [-0.25, -0.2) is 0 Å². The lowest BCUT2D eigenvalue weighted by molar-refractivity contribution is 1.28. The third-order valence-corrected chi connectivity index (χ3v) is 9.65. The molecule has 0 bridgehead atoms. The molecule has 0 N–H and O–H groups in total. The summed E-state index contributed by atoms with van der Waals surface area (Å²) in [5.74, 6) is 0. The third-order valence-electron chi connectivity index (χ3n) is 9.65. The Morgan fingerprint density at radius 2 is 0.735 bits per heavy atom. The van der Waals surface area contributed by atoms with Gasteiger partial charge in [0.1, 0.15) is 0 Å². The molecule has 0 saturated carbocycles. The monoisotopic (exact) mass is 623 g/mol. The number of rotatable bonds is 6. The van der Waals surface area contributed by atoms with Crippen LogP contribution in [0.25, 0.3) is 65.7 Å². The molecule has 0 aliphatic carbocycles. The van der Waals surface area contributed by atoms with Crippen molar-refractivity contribution in [2.45, 2.75) is 0 Å². The minimum Gasteiger partial charge on any atom is -0.311 e. The number of fused-ring (bicyclic) bond motifs is 5. The average molecular weight is 624 g/mol. The van der Waals surface area contributed by atoms with Crippen LogP contribution in [-0.2, 0) is 0 Å². The van der Waals surface area contributed by atoms with Crippen molar-refractivity contribution in [3.05, 3.63) is 200 Å². The zero-order valence-electron chi connectivity index (χ0n) is 27.0. The molecular formula is C48H33N. The maximum absolute atomic E-state index is 2.38. The Hall–Kier alpha value is -6.44. The summed E-state index contributed by atoms with van der Waals surface area (Å²) >= 11 is 0. The Balaban J connectivity index is 1.11. The van der Waals surface area contributed by atoms with Crippen LogP contribution < -0.4 is 4.90 Å². The van der Waals surface area contributed by atoms with Crippen LogP contribution in [0.3, 0.4) is 0 Å². The zero-order chi connectivity index (χ0) is 32.6. The van der Waals surface area contributed by atoms with Gasteiger partial charge in [0.15, 0.2) is 0 Å². The van der Waals surface area contributed by atoms with E-state index in [9.17, 15) is 0 Å². The summed E-state index contributed by atoms with van der Waals surface area (Å²) in [6.07, 6.45) is 0. The molecule has 9 rings (SSSR count). The molecule has 0 atom stereocenters. The van der Waals surface area contributed by atoms with Crippen molar-refractivity contribution < 1.29 is 0 Å². The minimum absolute atomic E-state index is 1.12. The van der Waals surface area contributed by atoms with Crippen molar-refractivity contribution >= 4 is 49.4 Å². The summed E-state index contributed by atoms with van der Waals surface area (Å²) in [5, 5.41) is 7.68. The summed E-state index contributed by atoms with van der Waals surface area (Å²) in [6, 6.07) is 72.3. The fourth-order valence-corrected chi connectivity index (χ4v) is 7.23. The molecule has 0 heterocycles. The first-order chi connectivity index (χ1) is 24.3. The molecule has 1 heteroatoms. The molecule has 0 unspecified atom stereocenters. The van der Waals surface area contributed by atoms with Crippen molar-refractivity contribution in [3.63, 3.8) is 0 Å². The Morgan fingerprint density at radius 3 is 1.43 bits per heavy atom. The van der Waals surface area contributed by atoms with E-state index in [1.165, 1.54) is 65.7 Å². The highest BCUT2D eigenvalue weighted by molar-refractivity contribution is 6.21. The van der Waals surface area contributed by atoms with Crippen LogP contribution >= 0.6 is 0 Å². The number of hydrogen-bond acceptors (Lipinski definition) is 1. The van der Waals surface area contributed by atoms with E-state index in [0.29, 0.717) is 0 Å². The van der Waals surface area contributed by atoms with Crippen molar-refractivity contribution in [2.24, 2.45) is 0 Å². The fraction of sp³-hybridized carbons (Fsp3) is 0. The molecule has 230 valence electrons. The largest absolute Gasteiger partial charge is 0.311 e. The van der Waals surface area contributed by atoms with E-state index in [4.69, 9.17) is 0 Å². The van der Waals surface area contributed by atoms with Gasteiger partial charge in [0.25, 0.3) is 0 Å². The molecule has 0 aliphatic rings. The Morgan fingerprint density at radius 1 is 0.245 bits per heavy atom. The molecule has 0 aliphatic heterocycles. The number of benzene rings is 9. The van der Waals surface area contributed by atoms with Gasteiger partial charge >= 0.3 is 0 Å². The number of hydrogen-bond donors (Lipinski definition) is 0. The lowest BCUT2D eigenvalue weighted by Gasteiger charge is -2.26. The standard InChI is InChI=1S/C48H33N/c1-3-12-34(13-4-1)38-15-11-16-39(32-38)35-22-27-41(28-23-35)49(40-17-5-2-6-18-40)42-29-24-37(25-30-42)47-33-48-43-19-8-7-14-36(43)26-31-46(48)44-20-9-10-21-45(44)47/h1-33H. The Bertz CT molecular complexity index is 2570. The van der Waals surface area contributed by atoms with Crippen LogP contribution in [0.4, 0.5) is 17.1 Å². The smallest absolute Gasteiger partial charge is 0.0462 e. The predicted octanol–water partition coefficient (Wildman–Crippen LogP) is 13.6. The topological polar surface area (TPSA) is 3.24 Å². The van der Waals surface area contributed by atoms with Gasteiger partial charge in [-0.15, -0.1) is 0 Å². The molecule has 1 nitrogen and oxygen atoms in total. The summed E-state index contributed by atoms with van der Waals surface area (Å²) in [7, 11) is 0. The normalized spacial score (nSPS) is 11.3. The molecule has 0 fully saturated rings. The molecule has 0 spiro atoms. The summed E-state index contributed by atoms with van der Waals surface area (Å²) in [4.78, 5) is 2.33. The van der Waals surface area contributed by atoms with Crippen LogP contribution in [0.2, 0.25) is 0 Å². The maximum Gasteiger partial charge on any atom is 0.0462 e. The van der Waals surface area contributed by atoms with Gasteiger partial charge < -0.3 is 4.90 Å². The lowest BCUT2D eigenvalue weighted by Crippen LogP contribution is -2.09. The first kappa shape index (κ1) is 28.8. The van der Waals surface area contributed by atoms with Crippen molar-refractivity contribution in [2.75, 3.05) is 4.90 Å². The van der Waals surface area contributed by atoms with E-state index >= 15 is 0 Å².